The lowest BCUT2D eigenvalue weighted by molar-refractivity contribution is -0.0179. The van der Waals surface area contributed by atoms with Crippen LogP contribution in [0.5, 0.6) is 0 Å². The van der Waals surface area contributed by atoms with E-state index in [9.17, 15) is 0 Å². The molecule has 0 fully saturated rings. The van der Waals surface area contributed by atoms with Gasteiger partial charge < -0.3 is 4.74 Å². The molecule has 3 aromatic rings. The van der Waals surface area contributed by atoms with Crippen LogP contribution >= 0.6 is 34.3 Å². The number of rotatable bonds is 3. The highest BCUT2D eigenvalue weighted by molar-refractivity contribution is 7.18. The summed E-state index contributed by atoms with van der Waals surface area (Å²) in [7, 11) is 0. The van der Waals surface area contributed by atoms with Gasteiger partial charge in [0.2, 0.25) is 0 Å². The molecule has 0 aliphatic carbocycles. The Bertz CT molecular complexity index is 760. The first-order valence-electron chi connectivity index (χ1n) is 6.55. The van der Waals surface area contributed by atoms with Crippen molar-refractivity contribution in [2.75, 3.05) is 0 Å². The van der Waals surface area contributed by atoms with Crippen LogP contribution in [0.2, 0.25) is 5.15 Å². The van der Waals surface area contributed by atoms with Crippen LogP contribution in [0.3, 0.4) is 0 Å². The molecule has 0 radical (unpaired) electrons. The number of fused-ring (bicyclic) bond motifs is 1. The first-order valence-corrected chi connectivity index (χ1v) is 8.69. The summed E-state index contributed by atoms with van der Waals surface area (Å²) in [6.45, 7) is 6.39. The third-order valence-corrected chi connectivity index (χ3v) is 4.91. The predicted octanol–water partition coefficient (Wildman–Crippen LogP) is 5.39. The molecule has 3 nitrogen and oxygen atoms in total. The summed E-state index contributed by atoms with van der Waals surface area (Å²) in [5, 5.41) is 5.57. The van der Waals surface area contributed by atoms with Crippen molar-refractivity contribution in [2.45, 2.75) is 33.0 Å². The molecule has 0 atom stereocenters. The van der Waals surface area contributed by atoms with E-state index < -0.39 is 0 Å². The zero-order valence-electron chi connectivity index (χ0n) is 12.0. The number of aromatic nitrogens is 2. The molecule has 110 valence electrons. The predicted molar refractivity (Wildman–Crippen MR) is 90.3 cm³/mol. The van der Waals surface area contributed by atoms with Crippen molar-refractivity contribution in [3.05, 3.63) is 33.9 Å². The van der Waals surface area contributed by atoms with Crippen LogP contribution in [0.15, 0.2) is 22.9 Å². The Morgan fingerprint density at radius 2 is 2.05 bits per heavy atom. The molecule has 0 N–H and O–H groups in total. The molecule has 0 amide bonds. The number of hydrogen-bond donors (Lipinski definition) is 0. The van der Waals surface area contributed by atoms with Crippen LogP contribution in [-0.2, 0) is 11.3 Å². The summed E-state index contributed by atoms with van der Waals surface area (Å²) < 4.78 is 5.72. The highest BCUT2D eigenvalue weighted by Gasteiger charge is 2.16. The van der Waals surface area contributed by atoms with Gasteiger partial charge in [0.05, 0.1) is 11.0 Å². The summed E-state index contributed by atoms with van der Waals surface area (Å²) in [5.74, 6) is 0.627. The van der Waals surface area contributed by atoms with Crippen molar-refractivity contribution in [1.29, 1.82) is 0 Å². The molecular weight excluding hydrogens is 324 g/mol. The summed E-state index contributed by atoms with van der Waals surface area (Å²) in [4.78, 5) is 11.1. The fourth-order valence-electron chi connectivity index (χ4n) is 1.90. The van der Waals surface area contributed by atoms with Gasteiger partial charge in [0.1, 0.15) is 16.6 Å². The van der Waals surface area contributed by atoms with Crippen LogP contribution in [0.4, 0.5) is 0 Å². The van der Waals surface area contributed by atoms with Gasteiger partial charge in [0.15, 0.2) is 5.82 Å². The van der Waals surface area contributed by atoms with E-state index in [-0.39, 0.29) is 5.60 Å². The molecule has 0 saturated heterocycles. The van der Waals surface area contributed by atoms with Crippen molar-refractivity contribution in [3.8, 4) is 10.4 Å². The zero-order valence-corrected chi connectivity index (χ0v) is 14.4. The Morgan fingerprint density at radius 1 is 1.24 bits per heavy atom. The van der Waals surface area contributed by atoms with Gasteiger partial charge in [-0.05, 0) is 32.2 Å². The maximum Gasteiger partial charge on any atom is 0.157 e. The zero-order chi connectivity index (χ0) is 15.0. The van der Waals surface area contributed by atoms with E-state index in [1.807, 2.05) is 26.8 Å². The highest BCUT2D eigenvalue weighted by atomic mass is 35.5. The van der Waals surface area contributed by atoms with Crippen molar-refractivity contribution >= 4 is 44.5 Å². The lowest BCUT2D eigenvalue weighted by Crippen LogP contribution is -2.19. The second kappa shape index (κ2) is 5.65. The third-order valence-electron chi connectivity index (χ3n) is 2.86. The molecule has 0 aromatic carbocycles. The van der Waals surface area contributed by atoms with Crippen LogP contribution in [0, 0.1) is 0 Å². The third kappa shape index (κ3) is 3.26. The smallest absolute Gasteiger partial charge is 0.157 e. The second-order valence-electron chi connectivity index (χ2n) is 5.64. The lowest BCUT2D eigenvalue weighted by Gasteiger charge is -2.18. The molecule has 0 spiro atoms. The van der Waals surface area contributed by atoms with Gasteiger partial charge in [-0.25, -0.2) is 9.97 Å². The summed E-state index contributed by atoms with van der Waals surface area (Å²) >= 11 is 9.66. The minimum atomic E-state index is -0.220. The summed E-state index contributed by atoms with van der Waals surface area (Å²) in [5.41, 5.74) is 0.890. The number of halogens is 1. The highest BCUT2D eigenvalue weighted by Crippen LogP contribution is 2.38. The van der Waals surface area contributed by atoms with Gasteiger partial charge in [0, 0.05) is 15.8 Å². The van der Waals surface area contributed by atoms with E-state index in [4.69, 9.17) is 16.3 Å². The average molecular weight is 339 g/mol. The van der Waals surface area contributed by atoms with Gasteiger partial charge in [-0.2, -0.15) is 0 Å². The largest absolute Gasteiger partial charge is 0.368 e. The number of nitrogens with zero attached hydrogens (tertiary/aromatic N) is 2. The normalized spacial score (nSPS) is 12.2. The molecule has 3 aromatic heterocycles. The van der Waals surface area contributed by atoms with E-state index in [0.29, 0.717) is 17.6 Å². The van der Waals surface area contributed by atoms with E-state index in [0.717, 1.165) is 15.8 Å². The Morgan fingerprint density at radius 3 is 2.71 bits per heavy atom. The van der Waals surface area contributed by atoms with Gasteiger partial charge in [-0.15, -0.1) is 22.7 Å². The van der Waals surface area contributed by atoms with E-state index in [1.165, 1.54) is 4.88 Å². The van der Waals surface area contributed by atoms with Crippen LogP contribution < -0.4 is 0 Å². The fourth-order valence-corrected chi connectivity index (χ4v) is 4.02. The van der Waals surface area contributed by atoms with Crippen LogP contribution in [-0.4, -0.2) is 15.6 Å². The van der Waals surface area contributed by atoms with Crippen molar-refractivity contribution < 1.29 is 4.74 Å². The first kappa shape index (κ1) is 14.9. The van der Waals surface area contributed by atoms with E-state index in [2.05, 4.69) is 26.8 Å². The minimum Gasteiger partial charge on any atom is -0.368 e. The van der Waals surface area contributed by atoms with Gasteiger partial charge in [-0.3, -0.25) is 0 Å². The molecule has 3 rings (SSSR count). The fraction of sp³-hybridized carbons (Fsp3) is 0.333. The quantitative estimate of drug-likeness (QED) is 0.601. The topological polar surface area (TPSA) is 35.0 Å². The molecule has 0 bridgehead atoms. The Labute approximate surface area is 136 Å². The maximum atomic E-state index is 6.38. The van der Waals surface area contributed by atoms with E-state index in [1.54, 1.807) is 22.7 Å². The molecule has 21 heavy (non-hydrogen) atoms. The lowest BCUT2D eigenvalue weighted by atomic mass is 10.2. The van der Waals surface area contributed by atoms with Crippen LogP contribution in [0.25, 0.3) is 20.7 Å². The monoisotopic (exact) mass is 338 g/mol. The minimum absolute atomic E-state index is 0.220. The molecule has 0 unspecified atom stereocenters. The van der Waals surface area contributed by atoms with Gasteiger partial charge in [0.25, 0.3) is 0 Å². The number of thiophene rings is 2. The molecule has 0 aliphatic rings. The van der Waals surface area contributed by atoms with E-state index >= 15 is 0 Å². The molecule has 3 heterocycles. The second-order valence-corrected chi connectivity index (χ2v) is 7.80. The average Bonchev–Trinajstić information content (AvgIpc) is 3.03. The molecule has 6 heteroatoms. The Kier molecular flexibility index (Phi) is 4.01. The maximum absolute atomic E-state index is 6.38. The van der Waals surface area contributed by atoms with Gasteiger partial charge in [-0.1, -0.05) is 17.7 Å². The van der Waals surface area contributed by atoms with Gasteiger partial charge >= 0.3 is 0 Å². The molecular formula is C15H15ClN2OS2. The van der Waals surface area contributed by atoms with Crippen LogP contribution in [0.1, 0.15) is 26.6 Å². The summed E-state index contributed by atoms with van der Waals surface area (Å²) in [6, 6.07) is 4.11. The molecule has 0 saturated carbocycles. The Balaban J connectivity index is 1.99. The number of ether oxygens (including phenoxy) is 1. The van der Waals surface area contributed by atoms with Crippen molar-refractivity contribution in [1.82, 2.24) is 9.97 Å². The summed E-state index contributed by atoms with van der Waals surface area (Å²) in [6.07, 6.45) is 0. The van der Waals surface area contributed by atoms with Crippen molar-refractivity contribution in [3.63, 3.8) is 0 Å². The number of hydrogen-bond acceptors (Lipinski definition) is 5. The Hall–Kier alpha value is -1.01. The SMILES string of the molecule is CC(C)(C)OCc1nc(Cl)c2c(-c3cccs3)csc2n1. The van der Waals surface area contributed by atoms with Crippen molar-refractivity contribution in [2.24, 2.45) is 0 Å². The standard InChI is InChI=1S/C15H15ClN2OS2/c1-15(2,3)19-7-11-17-13(16)12-9(8-21-14(12)18-11)10-5-4-6-20-10/h4-6,8H,7H2,1-3H3. The first-order chi connectivity index (χ1) is 9.94. The molecule has 0 aliphatic heterocycles.